The van der Waals surface area contributed by atoms with Crippen LogP contribution in [0.1, 0.15) is 31.2 Å². The first-order valence-corrected chi connectivity index (χ1v) is 7.93. The zero-order valence-corrected chi connectivity index (χ0v) is 13.2. The third-order valence-electron chi connectivity index (χ3n) is 4.91. The summed E-state index contributed by atoms with van der Waals surface area (Å²) < 4.78 is 18.4. The fourth-order valence-corrected chi connectivity index (χ4v) is 3.32. The number of likely N-dealkylation sites (tertiary alicyclic amines) is 2. The van der Waals surface area contributed by atoms with Gasteiger partial charge in [0.15, 0.2) is 11.6 Å². The molecule has 0 N–H and O–H groups in total. The Morgan fingerprint density at radius 2 is 2.18 bits per heavy atom. The van der Waals surface area contributed by atoms with Gasteiger partial charge in [0.1, 0.15) is 0 Å². The molecule has 120 valence electrons. The topological polar surface area (TPSA) is 32.8 Å². The Hall–Kier alpha value is -1.62. The number of rotatable bonds is 4. The average Bonchev–Trinajstić information content (AvgIpc) is 2.84. The predicted molar refractivity (Wildman–Crippen MR) is 82.5 cm³/mol. The number of nitrogens with zero attached hydrogens (tertiary/aromatic N) is 2. The van der Waals surface area contributed by atoms with Gasteiger partial charge in [-0.3, -0.25) is 9.69 Å². The van der Waals surface area contributed by atoms with Crippen LogP contribution in [0.2, 0.25) is 0 Å². The zero-order valence-electron chi connectivity index (χ0n) is 13.2. The molecule has 0 saturated carbocycles. The maximum Gasteiger partial charge on any atom is 0.236 e. The molecule has 4 nitrogen and oxygen atoms in total. The molecule has 0 radical (unpaired) electrons. The Balaban J connectivity index is 1.54. The lowest BCUT2D eigenvalue weighted by molar-refractivity contribution is -0.137. The normalized spacial score (nSPS) is 22.7. The van der Waals surface area contributed by atoms with Gasteiger partial charge in [-0.05, 0) is 44.0 Å². The van der Waals surface area contributed by atoms with Gasteiger partial charge in [-0.1, -0.05) is 6.07 Å². The van der Waals surface area contributed by atoms with E-state index >= 15 is 0 Å². The molecule has 0 aromatic heterocycles. The highest BCUT2D eigenvalue weighted by atomic mass is 19.1. The molecule has 1 aromatic rings. The Labute approximate surface area is 130 Å². The molecule has 1 aromatic carbocycles. The van der Waals surface area contributed by atoms with Crippen molar-refractivity contribution in [1.29, 1.82) is 0 Å². The van der Waals surface area contributed by atoms with Gasteiger partial charge in [-0.2, -0.15) is 0 Å². The molecule has 2 aliphatic heterocycles. The quantitative estimate of drug-likeness (QED) is 0.855. The van der Waals surface area contributed by atoms with Crippen LogP contribution in [0.4, 0.5) is 4.39 Å². The number of hydrogen-bond donors (Lipinski definition) is 0. The lowest BCUT2D eigenvalue weighted by Crippen LogP contribution is -2.52. The van der Waals surface area contributed by atoms with Gasteiger partial charge in [0.2, 0.25) is 5.91 Å². The molecule has 5 heteroatoms. The van der Waals surface area contributed by atoms with Gasteiger partial charge in [0.25, 0.3) is 0 Å². The Morgan fingerprint density at radius 1 is 1.41 bits per heavy atom. The summed E-state index contributed by atoms with van der Waals surface area (Å²) >= 11 is 0. The van der Waals surface area contributed by atoms with Gasteiger partial charge in [0.05, 0.1) is 13.7 Å². The second-order valence-electron chi connectivity index (χ2n) is 6.35. The second kappa shape index (κ2) is 6.24. The second-order valence-corrected chi connectivity index (χ2v) is 6.35. The smallest absolute Gasteiger partial charge is 0.236 e. The molecular formula is C17H23FN2O2. The van der Waals surface area contributed by atoms with Crippen LogP contribution in [0.25, 0.3) is 0 Å². The van der Waals surface area contributed by atoms with Crippen LogP contribution >= 0.6 is 0 Å². The van der Waals surface area contributed by atoms with Crippen LogP contribution in [0, 0.1) is 5.82 Å². The standard InChI is InChI=1S/C17H23FN2O2/c1-12-4-3-7-19(12)11-17(21)20-9-14(10-20)13-5-6-15(18)16(8-13)22-2/h5-6,8,12,14H,3-4,7,9-11H2,1-2H3. The third kappa shape index (κ3) is 2.95. The molecular weight excluding hydrogens is 283 g/mol. The Bertz CT molecular complexity index is 558. The van der Waals surface area contributed by atoms with E-state index in [9.17, 15) is 9.18 Å². The molecule has 3 rings (SSSR count). The lowest BCUT2D eigenvalue weighted by atomic mass is 9.91. The molecule has 2 fully saturated rings. The summed E-state index contributed by atoms with van der Waals surface area (Å²) in [5, 5.41) is 0. The molecule has 2 aliphatic rings. The highest BCUT2D eigenvalue weighted by Gasteiger charge is 2.33. The van der Waals surface area contributed by atoms with E-state index in [2.05, 4.69) is 11.8 Å². The van der Waals surface area contributed by atoms with Crippen molar-refractivity contribution in [1.82, 2.24) is 9.80 Å². The summed E-state index contributed by atoms with van der Waals surface area (Å²) in [6, 6.07) is 5.48. The van der Waals surface area contributed by atoms with Gasteiger partial charge in [0, 0.05) is 25.0 Å². The minimum atomic E-state index is -0.346. The van der Waals surface area contributed by atoms with Crippen molar-refractivity contribution in [2.24, 2.45) is 0 Å². The Morgan fingerprint density at radius 3 is 2.82 bits per heavy atom. The molecule has 0 spiro atoms. The van der Waals surface area contributed by atoms with E-state index in [4.69, 9.17) is 4.74 Å². The van der Waals surface area contributed by atoms with Crippen LogP contribution in [-0.2, 0) is 4.79 Å². The number of carbonyl (C=O) groups is 1. The Kier molecular flexibility index (Phi) is 4.34. The summed E-state index contributed by atoms with van der Waals surface area (Å²) in [4.78, 5) is 16.4. The molecule has 22 heavy (non-hydrogen) atoms. The van der Waals surface area contributed by atoms with E-state index in [0.717, 1.165) is 25.2 Å². The van der Waals surface area contributed by atoms with Crippen LogP contribution in [-0.4, -0.2) is 55.0 Å². The minimum Gasteiger partial charge on any atom is -0.494 e. The van der Waals surface area contributed by atoms with Gasteiger partial charge < -0.3 is 9.64 Å². The van der Waals surface area contributed by atoms with Crippen LogP contribution in [0.5, 0.6) is 5.75 Å². The number of ether oxygens (including phenoxy) is 1. The van der Waals surface area contributed by atoms with Crippen molar-refractivity contribution >= 4 is 5.91 Å². The van der Waals surface area contributed by atoms with Crippen molar-refractivity contribution in [2.45, 2.75) is 31.7 Å². The summed E-state index contributed by atoms with van der Waals surface area (Å²) in [6.07, 6.45) is 2.37. The molecule has 2 heterocycles. The molecule has 1 amide bonds. The maximum atomic E-state index is 13.4. The van der Waals surface area contributed by atoms with Crippen molar-refractivity contribution in [3.8, 4) is 5.75 Å². The van der Waals surface area contributed by atoms with Crippen molar-refractivity contribution in [3.05, 3.63) is 29.6 Å². The molecule has 2 saturated heterocycles. The van der Waals surface area contributed by atoms with Gasteiger partial charge in [-0.25, -0.2) is 4.39 Å². The van der Waals surface area contributed by atoms with Crippen LogP contribution < -0.4 is 4.74 Å². The number of hydrogen-bond acceptors (Lipinski definition) is 3. The summed E-state index contributed by atoms with van der Waals surface area (Å²) in [7, 11) is 1.47. The SMILES string of the molecule is COc1cc(C2CN(C(=O)CN3CCCC3C)C2)ccc1F. The van der Waals surface area contributed by atoms with E-state index in [0.29, 0.717) is 12.6 Å². The summed E-state index contributed by atoms with van der Waals surface area (Å²) in [5.74, 6) is 0.420. The first-order chi connectivity index (χ1) is 10.6. The highest BCUT2D eigenvalue weighted by molar-refractivity contribution is 5.79. The molecule has 1 atom stereocenters. The van der Waals surface area contributed by atoms with Crippen molar-refractivity contribution in [3.63, 3.8) is 0 Å². The molecule has 1 unspecified atom stereocenters. The summed E-state index contributed by atoms with van der Waals surface area (Å²) in [6.45, 7) is 5.18. The van der Waals surface area contributed by atoms with Crippen LogP contribution in [0.15, 0.2) is 18.2 Å². The predicted octanol–water partition coefficient (Wildman–Crippen LogP) is 2.24. The third-order valence-corrected chi connectivity index (χ3v) is 4.91. The van der Waals surface area contributed by atoms with Crippen molar-refractivity contribution in [2.75, 3.05) is 33.3 Å². The molecule has 0 aliphatic carbocycles. The fraction of sp³-hybridized carbons (Fsp3) is 0.588. The monoisotopic (exact) mass is 306 g/mol. The zero-order chi connectivity index (χ0) is 15.7. The minimum absolute atomic E-state index is 0.207. The van der Waals surface area contributed by atoms with Crippen LogP contribution in [0.3, 0.4) is 0 Å². The van der Waals surface area contributed by atoms with E-state index < -0.39 is 0 Å². The average molecular weight is 306 g/mol. The molecule has 0 bridgehead atoms. The van der Waals surface area contributed by atoms with Gasteiger partial charge >= 0.3 is 0 Å². The fourth-order valence-electron chi connectivity index (χ4n) is 3.32. The van der Waals surface area contributed by atoms with Crippen molar-refractivity contribution < 1.29 is 13.9 Å². The van der Waals surface area contributed by atoms with E-state index in [1.807, 2.05) is 4.90 Å². The first-order valence-electron chi connectivity index (χ1n) is 7.93. The maximum absolute atomic E-state index is 13.4. The number of amides is 1. The number of methoxy groups -OCH3 is 1. The number of halogens is 1. The van der Waals surface area contributed by atoms with E-state index in [1.165, 1.54) is 26.0 Å². The highest BCUT2D eigenvalue weighted by Crippen LogP contribution is 2.31. The van der Waals surface area contributed by atoms with Gasteiger partial charge in [-0.15, -0.1) is 0 Å². The first kappa shape index (κ1) is 15.3. The van der Waals surface area contributed by atoms with E-state index in [-0.39, 0.29) is 23.4 Å². The largest absolute Gasteiger partial charge is 0.494 e. The van der Waals surface area contributed by atoms with E-state index in [1.54, 1.807) is 12.1 Å². The number of carbonyl (C=O) groups excluding carboxylic acids is 1. The number of benzene rings is 1. The lowest BCUT2D eigenvalue weighted by Gasteiger charge is -2.40. The summed E-state index contributed by atoms with van der Waals surface area (Å²) in [5.41, 5.74) is 1.04.